The molecule has 0 atom stereocenters. The molecule has 0 radical (unpaired) electrons. The molecule has 4 nitrogen and oxygen atoms in total. The number of allylic oxidation sites excluding steroid dienone is 1. The molecule has 4 heteroatoms. The van der Waals surface area contributed by atoms with Crippen LogP contribution in [0.5, 0.6) is 0 Å². The Morgan fingerprint density at radius 2 is 1.88 bits per heavy atom. The van der Waals surface area contributed by atoms with E-state index in [4.69, 9.17) is 4.74 Å². The van der Waals surface area contributed by atoms with Crippen LogP contribution in [0.4, 0.5) is 5.69 Å². The molecule has 0 aliphatic heterocycles. The molecule has 1 N–H and O–H groups in total. The Labute approximate surface area is 141 Å². The van der Waals surface area contributed by atoms with Crippen molar-refractivity contribution in [2.75, 3.05) is 11.9 Å². The van der Waals surface area contributed by atoms with Gasteiger partial charge in [-0.05, 0) is 49.6 Å². The predicted molar refractivity (Wildman–Crippen MR) is 93.2 cm³/mol. The summed E-state index contributed by atoms with van der Waals surface area (Å²) in [5, 5.41) is 3.14. The van der Waals surface area contributed by atoms with E-state index in [1.807, 2.05) is 24.3 Å². The van der Waals surface area contributed by atoms with E-state index in [-0.39, 0.29) is 11.8 Å². The molecule has 3 rings (SSSR count). The number of hydrogen-bond donors (Lipinski definition) is 1. The Kier molecular flexibility index (Phi) is 4.75. The lowest BCUT2D eigenvalue weighted by Crippen LogP contribution is -2.15. The summed E-state index contributed by atoms with van der Waals surface area (Å²) < 4.78 is 4.95. The minimum Gasteiger partial charge on any atom is -0.462 e. The number of nitrogens with one attached hydrogen (secondary N) is 1. The number of Topliss-reactive ketones (excluding diaryl/α,β-unsaturated/α-hetero) is 1. The largest absolute Gasteiger partial charge is 0.462 e. The summed E-state index contributed by atoms with van der Waals surface area (Å²) in [5.41, 5.74) is 4.00. The Bertz CT molecular complexity index is 791. The van der Waals surface area contributed by atoms with Crippen LogP contribution in [0.3, 0.4) is 0 Å². The summed E-state index contributed by atoms with van der Waals surface area (Å²) in [7, 11) is 0. The van der Waals surface area contributed by atoms with Gasteiger partial charge < -0.3 is 10.1 Å². The second-order valence-electron chi connectivity index (χ2n) is 5.60. The molecule has 122 valence electrons. The van der Waals surface area contributed by atoms with Crippen LogP contribution >= 0.6 is 0 Å². The minimum absolute atomic E-state index is 0.0764. The van der Waals surface area contributed by atoms with Gasteiger partial charge in [0.1, 0.15) is 0 Å². The number of ether oxygens (including phenoxy) is 1. The second-order valence-corrected chi connectivity index (χ2v) is 5.60. The molecule has 1 aliphatic rings. The average molecular weight is 321 g/mol. The molecule has 0 spiro atoms. The molecule has 1 aliphatic carbocycles. The van der Waals surface area contributed by atoms with E-state index in [1.165, 1.54) is 0 Å². The lowest BCUT2D eigenvalue weighted by Gasteiger charge is -2.17. The van der Waals surface area contributed by atoms with Crippen molar-refractivity contribution in [3.05, 3.63) is 77.0 Å². The van der Waals surface area contributed by atoms with Crippen molar-refractivity contribution in [1.82, 2.24) is 0 Å². The average Bonchev–Trinajstić information content (AvgIpc) is 2.62. The van der Waals surface area contributed by atoms with Gasteiger partial charge in [0.15, 0.2) is 5.78 Å². The molecule has 0 fully saturated rings. The Morgan fingerprint density at radius 3 is 2.62 bits per heavy atom. The SMILES string of the molecule is CCOC(=O)c1ccc(NC=C2CCc3ccccc3C2=O)cc1. The number of carbonyl (C=O) groups excluding carboxylic acids is 2. The highest BCUT2D eigenvalue weighted by molar-refractivity contribution is 6.10. The number of fused-ring (bicyclic) bond motifs is 1. The molecule has 2 aromatic carbocycles. The number of aryl methyl sites for hydroxylation is 1. The van der Waals surface area contributed by atoms with Gasteiger partial charge in [-0.25, -0.2) is 4.79 Å². The number of ketones is 1. The Balaban J connectivity index is 1.70. The monoisotopic (exact) mass is 321 g/mol. The lowest BCUT2D eigenvalue weighted by atomic mass is 9.87. The molecule has 0 aromatic heterocycles. The van der Waals surface area contributed by atoms with Gasteiger partial charge in [-0.3, -0.25) is 4.79 Å². The molecule has 0 bridgehead atoms. The zero-order valence-corrected chi connectivity index (χ0v) is 13.5. The second kappa shape index (κ2) is 7.13. The zero-order chi connectivity index (χ0) is 16.9. The summed E-state index contributed by atoms with van der Waals surface area (Å²) in [6.07, 6.45) is 3.36. The van der Waals surface area contributed by atoms with Crippen LogP contribution in [0.2, 0.25) is 0 Å². The molecule has 0 saturated heterocycles. The van der Waals surface area contributed by atoms with E-state index in [0.717, 1.165) is 35.2 Å². The summed E-state index contributed by atoms with van der Waals surface area (Å²) in [6.45, 7) is 2.13. The van der Waals surface area contributed by atoms with Gasteiger partial charge in [0.2, 0.25) is 0 Å². The van der Waals surface area contributed by atoms with E-state index in [0.29, 0.717) is 12.2 Å². The molecule has 0 unspecified atom stereocenters. The van der Waals surface area contributed by atoms with Crippen molar-refractivity contribution in [3.63, 3.8) is 0 Å². The predicted octanol–water partition coefficient (Wildman–Crippen LogP) is 3.99. The molecular weight excluding hydrogens is 302 g/mol. The third-order valence-electron chi connectivity index (χ3n) is 4.03. The first-order chi connectivity index (χ1) is 11.7. The standard InChI is InChI=1S/C20H19NO3/c1-2-24-20(23)15-9-11-17(12-10-15)21-13-16-8-7-14-5-3-4-6-18(14)19(16)22/h3-6,9-13,21H,2,7-8H2,1H3. The molecular formula is C20H19NO3. The van der Waals surface area contributed by atoms with Gasteiger partial charge in [-0.2, -0.15) is 0 Å². The van der Waals surface area contributed by atoms with Crippen molar-refractivity contribution in [3.8, 4) is 0 Å². The Morgan fingerprint density at radius 1 is 1.12 bits per heavy atom. The van der Waals surface area contributed by atoms with Crippen LogP contribution in [0.1, 0.15) is 39.6 Å². The van der Waals surface area contributed by atoms with Gasteiger partial charge in [0.25, 0.3) is 0 Å². The third kappa shape index (κ3) is 3.38. The number of rotatable bonds is 4. The van der Waals surface area contributed by atoms with Crippen LogP contribution in [-0.2, 0) is 11.2 Å². The molecule has 0 saturated carbocycles. The first kappa shape index (κ1) is 16.0. The number of esters is 1. The zero-order valence-electron chi connectivity index (χ0n) is 13.5. The fourth-order valence-corrected chi connectivity index (χ4v) is 2.74. The maximum Gasteiger partial charge on any atom is 0.338 e. The summed E-state index contributed by atoms with van der Waals surface area (Å²) in [6, 6.07) is 14.7. The maximum absolute atomic E-state index is 12.5. The summed E-state index contributed by atoms with van der Waals surface area (Å²) in [4.78, 5) is 24.1. The van der Waals surface area contributed by atoms with Gasteiger partial charge in [-0.15, -0.1) is 0 Å². The lowest BCUT2D eigenvalue weighted by molar-refractivity contribution is 0.0526. The van der Waals surface area contributed by atoms with Crippen molar-refractivity contribution < 1.29 is 14.3 Å². The van der Waals surface area contributed by atoms with Crippen LogP contribution in [0.25, 0.3) is 0 Å². The number of benzene rings is 2. The van der Waals surface area contributed by atoms with E-state index in [9.17, 15) is 9.59 Å². The van der Waals surface area contributed by atoms with E-state index < -0.39 is 0 Å². The fraction of sp³-hybridized carbons (Fsp3) is 0.200. The van der Waals surface area contributed by atoms with Crippen molar-refractivity contribution in [2.24, 2.45) is 0 Å². The van der Waals surface area contributed by atoms with Crippen molar-refractivity contribution in [1.29, 1.82) is 0 Å². The Hall–Kier alpha value is -2.88. The molecule has 0 amide bonds. The van der Waals surface area contributed by atoms with Crippen molar-refractivity contribution >= 4 is 17.4 Å². The highest BCUT2D eigenvalue weighted by Gasteiger charge is 2.21. The van der Waals surface area contributed by atoms with Gasteiger partial charge in [0.05, 0.1) is 12.2 Å². The topological polar surface area (TPSA) is 55.4 Å². The number of carbonyl (C=O) groups is 2. The number of anilines is 1. The third-order valence-corrected chi connectivity index (χ3v) is 4.03. The van der Waals surface area contributed by atoms with Crippen LogP contribution in [0.15, 0.2) is 60.3 Å². The minimum atomic E-state index is -0.332. The summed E-state index contributed by atoms with van der Waals surface area (Å²) in [5.74, 6) is -0.256. The van der Waals surface area contributed by atoms with Crippen LogP contribution < -0.4 is 5.32 Å². The first-order valence-electron chi connectivity index (χ1n) is 8.04. The van der Waals surface area contributed by atoms with Gasteiger partial charge in [-0.1, -0.05) is 24.3 Å². The highest BCUT2D eigenvalue weighted by Crippen LogP contribution is 2.25. The quantitative estimate of drug-likeness (QED) is 0.683. The maximum atomic E-state index is 12.5. The summed E-state index contributed by atoms with van der Waals surface area (Å²) >= 11 is 0. The van der Waals surface area contributed by atoms with Crippen LogP contribution in [0, 0.1) is 0 Å². The van der Waals surface area contributed by atoms with Gasteiger partial charge >= 0.3 is 5.97 Å². The first-order valence-corrected chi connectivity index (χ1v) is 8.04. The number of hydrogen-bond acceptors (Lipinski definition) is 4. The van der Waals surface area contributed by atoms with E-state index in [1.54, 1.807) is 37.4 Å². The molecule has 0 heterocycles. The molecule has 2 aromatic rings. The smallest absolute Gasteiger partial charge is 0.338 e. The normalized spacial score (nSPS) is 15.0. The van der Waals surface area contributed by atoms with E-state index >= 15 is 0 Å². The highest BCUT2D eigenvalue weighted by atomic mass is 16.5. The molecule has 24 heavy (non-hydrogen) atoms. The van der Waals surface area contributed by atoms with Crippen molar-refractivity contribution in [2.45, 2.75) is 19.8 Å². The van der Waals surface area contributed by atoms with Crippen LogP contribution in [-0.4, -0.2) is 18.4 Å². The fourth-order valence-electron chi connectivity index (χ4n) is 2.74. The van der Waals surface area contributed by atoms with Gasteiger partial charge in [0, 0.05) is 23.0 Å². The van der Waals surface area contributed by atoms with E-state index in [2.05, 4.69) is 5.32 Å².